The van der Waals surface area contributed by atoms with Gasteiger partial charge >= 0.3 is 29.9 Å². The number of hydrogen-bond acceptors (Lipinski definition) is 11. The van der Waals surface area contributed by atoms with Crippen LogP contribution in [0.15, 0.2) is 73.1 Å². The first-order valence-electron chi connectivity index (χ1n) is 19.9. The molecule has 0 bridgehead atoms. The molecule has 3 aromatic carbocycles. The smallest absolute Gasteiger partial charge is 0.419 e. The van der Waals surface area contributed by atoms with Crippen LogP contribution >= 0.6 is 11.6 Å². The molecule has 2 aromatic heterocycles. The minimum absolute atomic E-state index is 0.0197. The van der Waals surface area contributed by atoms with Crippen molar-refractivity contribution in [2.45, 2.75) is 58.1 Å². The first kappa shape index (κ1) is 43.2. The van der Waals surface area contributed by atoms with Crippen LogP contribution in [-0.4, -0.2) is 125 Å². The molecule has 0 spiro atoms. The summed E-state index contributed by atoms with van der Waals surface area (Å²) in [5, 5.41) is 36.8. The van der Waals surface area contributed by atoms with Crippen molar-refractivity contribution in [3.63, 3.8) is 0 Å². The SMILES string of the molecule is CC(C)(C)OC(=O)n1c(C(=O)O)cc2cc(NC(=O)C(Cc3ccc(NC(=O)N4CCC(CCO)CC4)cc3)N3CCN(c4cc(Cl)ccc4-n4cnnn4)C(=O)C3=O)ccc21. The number of hydrogen-bond donors (Lipinski definition) is 4. The third-order valence-corrected chi connectivity index (χ3v) is 10.9. The zero-order valence-corrected chi connectivity index (χ0v) is 34.9. The van der Waals surface area contributed by atoms with Gasteiger partial charge in [-0.15, -0.1) is 5.10 Å². The number of piperazine rings is 1. The molecule has 1 atom stereocenters. The van der Waals surface area contributed by atoms with Crippen molar-refractivity contribution in [2.24, 2.45) is 5.92 Å². The summed E-state index contributed by atoms with van der Waals surface area (Å²) in [6, 6.07) is 15.8. The summed E-state index contributed by atoms with van der Waals surface area (Å²) in [6.45, 7) is 6.16. The predicted molar refractivity (Wildman–Crippen MR) is 226 cm³/mol. The third kappa shape index (κ3) is 9.53. The van der Waals surface area contributed by atoms with Gasteiger partial charge in [0.15, 0.2) is 0 Å². The number of anilines is 3. The zero-order valence-electron chi connectivity index (χ0n) is 34.2. The highest BCUT2D eigenvalue weighted by molar-refractivity contribution is 6.41. The summed E-state index contributed by atoms with van der Waals surface area (Å²) in [7, 11) is 0. The van der Waals surface area contributed by atoms with Gasteiger partial charge in [0.2, 0.25) is 5.91 Å². The Labute approximate surface area is 360 Å². The van der Waals surface area contributed by atoms with E-state index in [9.17, 15) is 39.0 Å². The number of halogens is 1. The number of likely N-dealkylation sites (tertiary alicyclic amines) is 1. The molecule has 0 radical (unpaired) electrons. The molecular formula is C42H45ClN10O9. The van der Waals surface area contributed by atoms with E-state index in [0.717, 1.165) is 17.4 Å². The van der Waals surface area contributed by atoms with Crippen LogP contribution < -0.4 is 15.5 Å². The monoisotopic (exact) mass is 868 g/mol. The Kier molecular flexibility index (Phi) is 12.6. The highest BCUT2D eigenvalue weighted by Gasteiger charge is 2.41. The third-order valence-electron chi connectivity index (χ3n) is 10.7. The van der Waals surface area contributed by atoms with E-state index in [1.807, 2.05) is 0 Å². The van der Waals surface area contributed by atoms with Crippen LogP contribution in [0.4, 0.5) is 26.7 Å². The molecule has 2 aliphatic rings. The Morgan fingerprint density at radius 1 is 0.887 bits per heavy atom. The number of carbonyl (C=O) groups is 6. The van der Waals surface area contributed by atoms with Crippen molar-refractivity contribution < 1.29 is 43.7 Å². The van der Waals surface area contributed by atoms with E-state index in [1.54, 1.807) is 62.1 Å². The van der Waals surface area contributed by atoms with Gasteiger partial charge in [0.25, 0.3) is 0 Å². The maximum absolute atomic E-state index is 14.4. The number of carboxylic acid groups (broad SMARTS) is 1. The molecule has 2 fully saturated rings. The van der Waals surface area contributed by atoms with Crippen molar-refractivity contribution in [3.8, 4) is 5.69 Å². The molecule has 0 aliphatic carbocycles. The van der Waals surface area contributed by atoms with Gasteiger partial charge in [-0.2, -0.15) is 4.68 Å². The van der Waals surface area contributed by atoms with Crippen molar-refractivity contribution in [3.05, 3.63) is 89.3 Å². The summed E-state index contributed by atoms with van der Waals surface area (Å²) < 4.78 is 7.73. The lowest BCUT2D eigenvalue weighted by Crippen LogP contribution is -2.60. The lowest BCUT2D eigenvalue weighted by Gasteiger charge is -2.38. The number of ether oxygens (including phenoxy) is 1. The molecule has 5 aromatic rings. The molecule has 20 heteroatoms. The van der Waals surface area contributed by atoms with E-state index >= 15 is 0 Å². The van der Waals surface area contributed by atoms with Crippen molar-refractivity contribution in [1.82, 2.24) is 34.6 Å². The molecule has 4 heterocycles. The van der Waals surface area contributed by atoms with Gasteiger partial charge in [-0.3, -0.25) is 14.4 Å². The molecule has 62 heavy (non-hydrogen) atoms. The molecule has 5 amide bonds. The van der Waals surface area contributed by atoms with E-state index in [4.69, 9.17) is 16.3 Å². The number of urea groups is 1. The second-order valence-electron chi connectivity index (χ2n) is 16.0. The summed E-state index contributed by atoms with van der Waals surface area (Å²) in [5.41, 5.74) is 1.01. The number of benzene rings is 3. The number of carbonyl (C=O) groups excluding carboxylic acids is 5. The molecule has 0 saturated carbocycles. The molecule has 324 valence electrons. The van der Waals surface area contributed by atoms with Crippen LogP contribution in [0.5, 0.6) is 0 Å². The summed E-state index contributed by atoms with van der Waals surface area (Å²) in [4.78, 5) is 85.0. The van der Waals surface area contributed by atoms with Gasteiger partial charge in [0, 0.05) is 61.0 Å². The number of piperidine rings is 1. The number of fused-ring (bicyclic) bond motifs is 1. The molecular weight excluding hydrogens is 824 g/mol. The molecule has 1 unspecified atom stereocenters. The average Bonchev–Trinajstić information content (AvgIpc) is 3.91. The van der Waals surface area contributed by atoms with Crippen molar-refractivity contribution in [2.75, 3.05) is 48.3 Å². The maximum Gasteiger partial charge on any atom is 0.419 e. The average molecular weight is 869 g/mol. The molecule has 7 rings (SSSR count). The maximum atomic E-state index is 14.4. The van der Waals surface area contributed by atoms with Gasteiger partial charge < -0.3 is 40.3 Å². The number of nitrogens with one attached hydrogen (secondary N) is 2. The Balaban J connectivity index is 1.14. The number of rotatable bonds is 11. The minimum Gasteiger partial charge on any atom is -0.477 e. The second kappa shape index (κ2) is 18.0. The number of carboxylic acids is 1. The highest BCUT2D eigenvalue weighted by Crippen LogP contribution is 2.31. The van der Waals surface area contributed by atoms with Crippen LogP contribution in [0, 0.1) is 5.92 Å². The molecule has 4 N–H and O–H groups in total. The number of aliphatic hydroxyl groups excluding tert-OH is 1. The van der Waals surface area contributed by atoms with E-state index in [1.165, 1.54) is 51.1 Å². The Hall–Kier alpha value is -6.86. The topological polar surface area (TPSA) is 234 Å². The van der Waals surface area contributed by atoms with Crippen LogP contribution in [0.3, 0.4) is 0 Å². The van der Waals surface area contributed by atoms with Gasteiger partial charge in [-0.05, 0) is 117 Å². The Morgan fingerprint density at radius 3 is 2.27 bits per heavy atom. The fourth-order valence-corrected chi connectivity index (χ4v) is 7.80. The zero-order chi connectivity index (χ0) is 44.3. The van der Waals surface area contributed by atoms with E-state index < -0.39 is 41.4 Å². The van der Waals surface area contributed by atoms with Crippen molar-refractivity contribution in [1.29, 1.82) is 0 Å². The van der Waals surface area contributed by atoms with Crippen molar-refractivity contribution >= 4 is 75.4 Å². The van der Waals surface area contributed by atoms with Gasteiger partial charge in [-0.1, -0.05) is 23.7 Å². The lowest BCUT2D eigenvalue weighted by molar-refractivity contribution is -0.149. The van der Waals surface area contributed by atoms with Gasteiger partial charge in [0.1, 0.15) is 23.7 Å². The Morgan fingerprint density at radius 2 is 1.61 bits per heavy atom. The number of aromatic carboxylic acids is 1. The van der Waals surface area contributed by atoms with Crippen LogP contribution in [-0.2, 0) is 25.5 Å². The largest absolute Gasteiger partial charge is 0.477 e. The normalized spacial score (nSPS) is 15.5. The second-order valence-corrected chi connectivity index (χ2v) is 16.5. The van der Waals surface area contributed by atoms with Gasteiger partial charge in [-0.25, -0.2) is 19.0 Å². The number of nitrogens with zero attached hydrogens (tertiary/aromatic N) is 8. The Bertz CT molecular complexity index is 2510. The molecule has 2 aliphatic heterocycles. The fraction of sp³-hybridized carbons (Fsp3) is 0.357. The van der Waals surface area contributed by atoms with E-state index in [-0.39, 0.29) is 54.7 Å². The number of tetrazole rings is 1. The van der Waals surface area contributed by atoms with E-state index in [2.05, 4.69) is 26.2 Å². The lowest BCUT2D eigenvalue weighted by atomic mass is 9.94. The van der Waals surface area contributed by atoms with Crippen LogP contribution in [0.2, 0.25) is 5.02 Å². The number of aliphatic hydroxyl groups is 1. The molecule has 19 nitrogen and oxygen atoms in total. The minimum atomic E-state index is -1.37. The summed E-state index contributed by atoms with van der Waals surface area (Å²) in [6.07, 6.45) is 2.73. The van der Waals surface area contributed by atoms with Crippen LogP contribution in [0.25, 0.3) is 16.6 Å². The number of aromatic nitrogens is 5. The quantitative estimate of drug-likeness (QED) is 0.131. The standard InChI is InChI=1S/C42H45ClN10O9/c1-42(2,3)62-41(61)53-31-11-9-30(21-27(31)22-35(53)39(58)59)45-36(55)34(20-26-4-7-29(8-5-26)46-40(60)49-15-12-25(13-16-49)14-19-54)51-18-17-50(37(56)38(51)57)33-23-28(43)6-10-32(33)52-24-44-47-48-52/h4-11,21-25,34,54H,12-20H2,1-3H3,(H,45,55)(H,46,60)(H,58,59). The van der Waals surface area contributed by atoms with Crippen LogP contribution in [0.1, 0.15) is 56.1 Å². The summed E-state index contributed by atoms with van der Waals surface area (Å²) in [5.74, 6) is -3.52. The first-order valence-corrected chi connectivity index (χ1v) is 20.3. The fourth-order valence-electron chi connectivity index (χ4n) is 7.64. The van der Waals surface area contributed by atoms with Gasteiger partial charge in [0.05, 0.1) is 16.9 Å². The predicted octanol–water partition coefficient (Wildman–Crippen LogP) is 4.80. The first-order chi connectivity index (χ1) is 29.6. The highest BCUT2D eigenvalue weighted by atomic mass is 35.5. The molecule has 2 saturated heterocycles. The van der Waals surface area contributed by atoms with E-state index in [0.29, 0.717) is 52.8 Å². The number of amides is 5. The summed E-state index contributed by atoms with van der Waals surface area (Å²) >= 11 is 6.33.